The average Bonchev–Trinajstić information content (AvgIpc) is 2.58. The highest BCUT2D eigenvalue weighted by Crippen LogP contribution is 2.31. The molecule has 2 heterocycles. The quantitative estimate of drug-likeness (QED) is 0.863. The van der Waals surface area contributed by atoms with Crippen molar-refractivity contribution >= 4 is 29.8 Å². The third-order valence-corrected chi connectivity index (χ3v) is 4.57. The Morgan fingerprint density at radius 3 is 2.75 bits per heavy atom. The standard InChI is InChI=1S/C14H19N3O2S/c1-14(2)5-6-17(7-8-20-14)13-15-9-11(10-16-13)3-4-12(18)19/h3-4,9-10H,5-8H2,1-2H3,(H,18,19)/b4-3+. The van der Waals surface area contributed by atoms with E-state index in [1.807, 2.05) is 11.8 Å². The molecule has 0 radical (unpaired) electrons. The number of carboxylic acids is 1. The predicted molar refractivity (Wildman–Crippen MR) is 82.1 cm³/mol. The summed E-state index contributed by atoms with van der Waals surface area (Å²) >= 11 is 1.98. The van der Waals surface area contributed by atoms with Crippen LogP contribution in [0.2, 0.25) is 0 Å². The predicted octanol–water partition coefficient (Wildman–Crippen LogP) is 2.30. The molecular formula is C14H19N3O2S. The summed E-state index contributed by atoms with van der Waals surface area (Å²) in [5.41, 5.74) is 0.695. The van der Waals surface area contributed by atoms with E-state index in [0.29, 0.717) is 10.3 Å². The minimum Gasteiger partial charge on any atom is -0.478 e. The average molecular weight is 293 g/mol. The maximum absolute atomic E-state index is 10.4. The van der Waals surface area contributed by atoms with Crippen LogP contribution in [0, 0.1) is 0 Å². The van der Waals surface area contributed by atoms with Crippen LogP contribution in [0.1, 0.15) is 25.8 Å². The van der Waals surface area contributed by atoms with Gasteiger partial charge >= 0.3 is 5.97 Å². The highest BCUT2D eigenvalue weighted by Gasteiger charge is 2.24. The second-order valence-corrected chi connectivity index (χ2v) is 7.14. The molecule has 20 heavy (non-hydrogen) atoms. The lowest BCUT2D eigenvalue weighted by atomic mass is 10.1. The molecule has 0 aliphatic carbocycles. The first kappa shape index (κ1) is 14.8. The molecule has 0 atom stereocenters. The van der Waals surface area contributed by atoms with Gasteiger partial charge in [-0.25, -0.2) is 14.8 Å². The Hall–Kier alpha value is -1.56. The second-order valence-electron chi connectivity index (χ2n) is 5.33. The maximum atomic E-state index is 10.4. The lowest BCUT2D eigenvalue weighted by Gasteiger charge is -2.22. The molecule has 0 aromatic carbocycles. The Balaban J connectivity index is 2.04. The van der Waals surface area contributed by atoms with Gasteiger partial charge in [-0.3, -0.25) is 0 Å². The molecule has 1 aromatic rings. The van der Waals surface area contributed by atoms with E-state index in [4.69, 9.17) is 5.11 Å². The number of thioether (sulfide) groups is 1. The second kappa shape index (κ2) is 6.26. The van der Waals surface area contributed by atoms with Gasteiger partial charge in [0.15, 0.2) is 0 Å². The van der Waals surface area contributed by atoms with E-state index < -0.39 is 5.97 Å². The fraction of sp³-hybridized carbons (Fsp3) is 0.500. The molecule has 0 bridgehead atoms. The van der Waals surface area contributed by atoms with E-state index in [2.05, 4.69) is 28.7 Å². The van der Waals surface area contributed by atoms with Crippen molar-refractivity contribution in [1.29, 1.82) is 0 Å². The molecule has 5 nitrogen and oxygen atoms in total. The smallest absolute Gasteiger partial charge is 0.328 e. The van der Waals surface area contributed by atoms with Crippen LogP contribution in [0.25, 0.3) is 6.08 Å². The SMILES string of the molecule is CC1(C)CCN(c2ncc(/C=C/C(=O)O)cn2)CCS1. The van der Waals surface area contributed by atoms with Crippen molar-refractivity contribution < 1.29 is 9.90 Å². The third kappa shape index (κ3) is 4.23. The van der Waals surface area contributed by atoms with Crippen LogP contribution in [-0.4, -0.2) is 44.6 Å². The number of hydrogen-bond acceptors (Lipinski definition) is 5. The summed E-state index contributed by atoms with van der Waals surface area (Å²) in [7, 11) is 0. The van der Waals surface area contributed by atoms with E-state index in [9.17, 15) is 4.79 Å². The minimum absolute atomic E-state index is 0.304. The van der Waals surface area contributed by atoms with Crippen LogP contribution < -0.4 is 4.90 Å². The molecule has 108 valence electrons. The van der Waals surface area contributed by atoms with Crippen LogP contribution >= 0.6 is 11.8 Å². The van der Waals surface area contributed by atoms with E-state index in [1.165, 1.54) is 6.08 Å². The minimum atomic E-state index is -0.971. The van der Waals surface area contributed by atoms with Gasteiger partial charge in [0.25, 0.3) is 0 Å². The van der Waals surface area contributed by atoms with Crippen molar-refractivity contribution in [1.82, 2.24) is 9.97 Å². The van der Waals surface area contributed by atoms with E-state index >= 15 is 0 Å². The summed E-state index contributed by atoms with van der Waals surface area (Å²) < 4.78 is 0.304. The first-order chi connectivity index (χ1) is 9.46. The first-order valence-electron chi connectivity index (χ1n) is 6.58. The number of rotatable bonds is 3. The molecule has 1 saturated heterocycles. The zero-order chi connectivity index (χ0) is 14.6. The molecule has 1 fully saturated rings. The molecular weight excluding hydrogens is 274 g/mol. The number of carbonyl (C=O) groups is 1. The highest BCUT2D eigenvalue weighted by atomic mass is 32.2. The molecule has 0 unspecified atom stereocenters. The molecule has 0 saturated carbocycles. The van der Waals surface area contributed by atoms with Crippen LogP contribution in [-0.2, 0) is 4.79 Å². The van der Waals surface area contributed by atoms with Gasteiger partial charge in [0, 0.05) is 47.6 Å². The molecule has 1 N–H and O–H groups in total. The van der Waals surface area contributed by atoms with Gasteiger partial charge in [-0.15, -0.1) is 0 Å². The molecule has 6 heteroatoms. The summed E-state index contributed by atoms with van der Waals surface area (Å²) in [5, 5.41) is 8.58. The molecule has 1 aliphatic heterocycles. The van der Waals surface area contributed by atoms with Crippen molar-refractivity contribution in [2.24, 2.45) is 0 Å². The number of anilines is 1. The van der Waals surface area contributed by atoms with E-state index in [0.717, 1.165) is 37.3 Å². The summed E-state index contributed by atoms with van der Waals surface area (Å²) in [6.45, 7) is 6.42. The Bertz CT molecular complexity index is 500. The Labute approximate surface area is 123 Å². The van der Waals surface area contributed by atoms with Crippen molar-refractivity contribution in [3.63, 3.8) is 0 Å². The van der Waals surface area contributed by atoms with Gasteiger partial charge in [0.05, 0.1) is 0 Å². The fourth-order valence-electron chi connectivity index (χ4n) is 1.97. The van der Waals surface area contributed by atoms with Crippen LogP contribution in [0.15, 0.2) is 18.5 Å². The molecule has 1 aromatic heterocycles. The molecule has 0 amide bonds. The van der Waals surface area contributed by atoms with Crippen molar-refractivity contribution in [3.8, 4) is 0 Å². The number of aromatic nitrogens is 2. The maximum Gasteiger partial charge on any atom is 0.328 e. The Kier molecular flexibility index (Phi) is 4.65. The van der Waals surface area contributed by atoms with Crippen LogP contribution in [0.4, 0.5) is 5.95 Å². The van der Waals surface area contributed by atoms with Gasteiger partial charge in [-0.05, 0) is 12.5 Å². The van der Waals surface area contributed by atoms with Crippen molar-refractivity contribution in [3.05, 3.63) is 24.0 Å². The summed E-state index contributed by atoms with van der Waals surface area (Å²) in [6.07, 6.45) is 6.99. The number of nitrogens with zero attached hydrogens (tertiary/aromatic N) is 3. The number of carboxylic acid groups (broad SMARTS) is 1. The largest absolute Gasteiger partial charge is 0.478 e. The topological polar surface area (TPSA) is 66.3 Å². The highest BCUT2D eigenvalue weighted by molar-refractivity contribution is 8.00. The third-order valence-electron chi connectivity index (χ3n) is 3.20. The van der Waals surface area contributed by atoms with Gasteiger partial charge in [0.1, 0.15) is 0 Å². The van der Waals surface area contributed by atoms with Gasteiger partial charge < -0.3 is 10.0 Å². The summed E-state index contributed by atoms with van der Waals surface area (Å²) in [6, 6.07) is 0. The van der Waals surface area contributed by atoms with Gasteiger partial charge in [-0.1, -0.05) is 13.8 Å². The number of hydrogen-bond donors (Lipinski definition) is 1. The normalized spacial score (nSPS) is 19.0. The lowest BCUT2D eigenvalue weighted by Crippen LogP contribution is -2.28. The molecule has 1 aliphatic rings. The van der Waals surface area contributed by atoms with Crippen molar-refractivity contribution in [2.75, 3.05) is 23.7 Å². The van der Waals surface area contributed by atoms with Gasteiger partial charge in [-0.2, -0.15) is 11.8 Å². The van der Waals surface area contributed by atoms with Crippen LogP contribution in [0.3, 0.4) is 0 Å². The number of aliphatic carboxylic acids is 1. The zero-order valence-electron chi connectivity index (χ0n) is 11.7. The lowest BCUT2D eigenvalue weighted by molar-refractivity contribution is -0.131. The van der Waals surface area contributed by atoms with Crippen LogP contribution in [0.5, 0.6) is 0 Å². The molecule has 2 rings (SSSR count). The monoisotopic (exact) mass is 293 g/mol. The Morgan fingerprint density at radius 1 is 1.40 bits per heavy atom. The first-order valence-corrected chi connectivity index (χ1v) is 7.57. The Morgan fingerprint density at radius 2 is 2.10 bits per heavy atom. The van der Waals surface area contributed by atoms with Gasteiger partial charge in [0.2, 0.25) is 5.95 Å². The zero-order valence-corrected chi connectivity index (χ0v) is 12.6. The van der Waals surface area contributed by atoms with Crippen molar-refractivity contribution in [2.45, 2.75) is 25.0 Å². The fourth-order valence-corrected chi connectivity index (χ4v) is 3.07. The summed E-state index contributed by atoms with van der Waals surface area (Å²) in [4.78, 5) is 21.3. The van der Waals surface area contributed by atoms with E-state index in [-0.39, 0.29) is 0 Å². The molecule has 0 spiro atoms. The van der Waals surface area contributed by atoms with E-state index in [1.54, 1.807) is 12.4 Å². The summed E-state index contributed by atoms with van der Waals surface area (Å²) in [5.74, 6) is 0.813.